The Labute approximate surface area is 41.7 Å². The molecular formula is C2H6O4S. The van der Waals surface area contributed by atoms with Crippen molar-refractivity contribution in [2.75, 3.05) is 6.26 Å². The Morgan fingerprint density at radius 2 is 2.29 bits per heavy atom. The van der Waals surface area contributed by atoms with E-state index in [1.807, 2.05) is 0 Å². The third-order valence-electron chi connectivity index (χ3n) is 0.174. The summed E-state index contributed by atoms with van der Waals surface area (Å²) in [7, 11) is -2.65. The minimum absolute atomic E-state index is 1.18. The fourth-order valence-corrected chi connectivity index (χ4v) is 0.193. The molecule has 0 radical (unpaired) electrons. The average Bonchev–Trinajstić information content (AvgIpc) is 1.30. The normalized spacial score (nSPS) is 18.6. The molecule has 0 rings (SSSR count). The van der Waals surface area contributed by atoms with Crippen LogP contribution in [-0.2, 0) is 19.2 Å². The van der Waals surface area contributed by atoms with Gasteiger partial charge in [-0.05, 0) is 5.87 Å². The first-order valence-corrected chi connectivity index (χ1v) is 3.44. The SMILES string of the molecule is C=S(C)(=O)OOO. The maximum Gasteiger partial charge on any atom is 0.109 e. The first-order valence-electron chi connectivity index (χ1n) is 1.38. The smallest absolute Gasteiger partial charge is 0.109 e. The zero-order valence-corrected chi connectivity index (χ0v) is 4.60. The second-order valence-corrected chi connectivity index (χ2v) is 3.06. The Hall–Kier alpha value is -0.100. The third kappa shape index (κ3) is 5.90. The number of rotatable bonds is 2. The molecular weight excluding hydrogens is 120 g/mol. The van der Waals surface area contributed by atoms with Crippen LogP contribution in [0.2, 0.25) is 0 Å². The molecule has 0 amide bonds. The van der Waals surface area contributed by atoms with Gasteiger partial charge in [0.05, 0.1) is 0 Å². The monoisotopic (exact) mass is 126 g/mol. The van der Waals surface area contributed by atoms with E-state index in [0.29, 0.717) is 0 Å². The summed E-state index contributed by atoms with van der Waals surface area (Å²) >= 11 is 0. The minimum atomic E-state index is -2.65. The summed E-state index contributed by atoms with van der Waals surface area (Å²) in [5, 5.41) is 10.5. The molecule has 0 aliphatic heterocycles. The Bertz CT molecular complexity index is 123. The van der Waals surface area contributed by atoms with Crippen molar-refractivity contribution in [3.8, 4) is 0 Å². The summed E-state index contributed by atoms with van der Waals surface area (Å²) in [5.41, 5.74) is 0. The molecule has 5 heteroatoms. The van der Waals surface area contributed by atoms with Gasteiger partial charge >= 0.3 is 0 Å². The van der Waals surface area contributed by atoms with Gasteiger partial charge in [0.25, 0.3) is 0 Å². The van der Waals surface area contributed by atoms with Crippen LogP contribution in [0.3, 0.4) is 0 Å². The van der Waals surface area contributed by atoms with Crippen LogP contribution in [-0.4, -0.2) is 21.6 Å². The van der Waals surface area contributed by atoms with Crippen molar-refractivity contribution in [3.63, 3.8) is 0 Å². The second-order valence-electron chi connectivity index (χ2n) is 1.07. The summed E-state index contributed by atoms with van der Waals surface area (Å²) in [5.74, 6) is 2.98. The second kappa shape index (κ2) is 2.27. The Morgan fingerprint density at radius 1 is 1.86 bits per heavy atom. The van der Waals surface area contributed by atoms with E-state index in [1.165, 1.54) is 6.26 Å². The van der Waals surface area contributed by atoms with Crippen LogP contribution in [0.1, 0.15) is 0 Å². The van der Waals surface area contributed by atoms with Crippen molar-refractivity contribution in [3.05, 3.63) is 0 Å². The van der Waals surface area contributed by atoms with E-state index in [4.69, 9.17) is 5.26 Å². The van der Waals surface area contributed by atoms with Gasteiger partial charge in [0.1, 0.15) is 9.80 Å². The van der Waals surface area contributed by atoms with Gasteiger partial charge in [0.2, 0.25) is 0 Å². The Morgan fingerprint density at radius 3 is 2.29 bits per heavy atom. The zero-order chi connectivity index (χ0) is 5.91. The summed E-state index contributed by atoms with van der Waals surface area (Å²) in [6.45, 7) is 0. The average molecular weight is 126 g/mol. The standard InChI is InChI=1S/C2H6O4S/c1-7(2,4)6-5-3/h3H,1H2,2H3. The third-order valence-corrected chi connectivity index (χ3v) is 0.523. The lowest BCUT2D eigenvalue weighted by Gasteiger charge is -1.92. The van der Waals surface area contributed by atoms with Crippen LogP contribution < -0.4 is 0 Å². The number of hydrogen-bond donors (Lipinski definition) is 1. The van der Waals surface area contributed by atoms with E-state index in [2.05, 4.69) is 15.2 Å². The van der Waals surface area contributed by atoms with Gasteiger partial charge in [-0.2, -0.15) is 0 Å². The van der Waals surface area contributed by atoms with E-state index in [1.54, 1.807) is 0 Å². The molecule has 0 spiro atoms. The van der Waals surface area contributed by atoms with E-state index in [-0.39, 0.29) is 0 Å². The molecule has 7 heavy (non-hydrogen) atoms. The summed E-state index contributed by atoms with van der Waals surface area (Å²) < 4.78 is 13.9. The maximum absolute atomic E-state index is 10.2. The van der Waals surface area contributed by atoms with Gasteiger partial charge in [-0.3, -0.25) is 0 Å². The molecule has 0 bridgehead atoms. The van der Waals surface area contributed by atoms with Crippen LogP contribution in [0.5, 0.6) is 0 Å². The maximum atomic E-state index is 10.2. The molecule has 44 valence electrons. The molecule has 0 saturated carbocycles. The van der Waals surface area contributed by atoms with Gasteiger partial charge in [-0.1, -0.05) is 5.04 Å². The topological polar surface area (TPSA) is 55.8 Å². The summed E-state index contributed by atoms with van der Waals surface area (Å²) in [4.78, 5) is 0. The van der Waals surface area contributed by atoms with Gasteiger partial charge in [0, 0.05) is 6.26 Å². The fourth-order valence-electron chi connectivity index (χ4n) is 0.0644. The highest BCUT2D eigenvalue weighted by Crippen LogP contribution is 1.82. The zero-order valence-electron chi connectivity index (χ0n) is 3.79. The quantitative estimate of drug-likeness (QED) is 0.312. The van der Waals surface area contributed by atoms with Gasteiger partial charge in [-0.25, -0.2) is 9.47 Å². The highest BCUT2D eigenvalue weighted by Gasteiger charge is 1.90. The molecule has 1 unspecified atom stereocenters. The molecule has 0 aromatic heterocycles. The van der Waals surface area contributed by atoms with Gasteiger partial charge in [-0.15, -0.1) is 4.33 Å². The van der Waals surface area contributed by atoms with Gasteiger partial charge < -0.3 is 0 Å². The largest absolute Gasteiger partial charge is 0.238 e. The fraction of sp³-hybridized carbons (Fsp3) is 0.500. The summed E-state index contributed by atoms with van der Waals surface area (Å²) in [6.07, 6.45) is 1.18. The molecule has 1 atom stereocenters. The molecule has 0 aromatic rings. The number of hydrogen-bond acceptors (Lipinski definition) is 4. The Kier molecular flexibility index (Phi) is 2.24. The molecule has 0 aliphatic rings. The van der Waals surface area contributed by atoms with E-state index in [0.717, 1.165) is 0 Å². The van der Waals surface area contributed by atoms with E-state index in [9.17, 15) is 4.21 Å². The highest BCUT2D eigenvalue weighted by molar-refractivity contribution is 7.95. The molecule has 1 N–H and O–H groups in total. The highest BCUT2D eigenvalue weighted by atomic mass is 32.2. The van der Waals surface area contributed by atoms with Crippen molar-refractivity contribution >= 4 is 15.7 Å². The molecule has 0 saturated heterocycles. The molecule has 4 nitrogen and oxygen atoms in total. The van der Waals surface area contributed by atoms with Crippen molar-refractivity contribution in [1.82, 2.24) is 0 Å². The molecule has 0 heterocycles. The van der Waals surface area contributed by atoms with Crippen molar-refractivity contribution < 1.29 is 18.8 Å². The van der Waals surface area contributed by atoms with Crippen LogP contribution in [0.15, 0.2) is 0 Å². The Balaban J connectivity index is 3.60. The first kappa shape index (κ1) is 6.90. The van der Waals surface area contributed by atoms with Crippen LogP contribution >= 0.6 is 0 Å². The molecule has 0 aliphatic carbocycles. The van der Waals surface area contributed by atoms with Gasteiger partial charge in [0.15, 0.2) is 0 Å². The van der Waals surface area contributed by atoms with Crippen LogP contribution in [0.25, 0.3) is 0 Å². The minimum Gasteiger partial charge on any atom is -0.238 e. The molecule has 0 fully saturated rings. The van der Waals surface area contributed by atoms with E-state index < -0.39 is 9.80 Å². The predicted octanol–water partition coefficient (Wildman–Crippen LogP) is -0.331. The lowest BCUT2D eigenvalue weighted by atomic mass is 11.9. The predicted molar refractivity (Wildman–Crippen MR) is 26.0 cm³/mol. The lowest BCUT2D eigenvalue weighted by molar-refractivity contribution is -0.435. The van der Waals surface area contributed by atoms with Crippen LogP contribution in [0.4, 0.5) is 0 Å². The lowest BCUT2D eigenvalue weighted by Crippen LogP contribution is -2.00. The van der Waals surface area contributed by atoms with Crippen molar-refractivity contribution in [2.45, 2.75) is 0 Å². The summed E-state index contributed by atoms with van der Waals surface area (Å²) in [6, 6.07) is 0. The van der Waals surface area contributed by atoms with E-state index >= 15 is 0 Å². The molecule has 0 aromatic carbocycles. The first-order chi connectivity index (χ1) is 3.06. The van der Waals surface area contributed by atoms with Crippen molar-refractivity contribution in [2.24, 2.45) is 0 Å². The van der Waals surface area contributed by atoms with Crippen LogP contribution in [0, 0.1) is 0 Å². The van der Waals surface area contributed by atoms with Crippen molar-refractivity contribution in [1.29, 1.82) is 0 Å².